The van der Waals surface area contributed by atoms with Gasteiger partial charge in [0.25, 0.3) is 0 Å². The van der Waals surface area contributed by atoms with Crippen LogP contribution in [0, 0.1) is 23.3 Å². The van der Waals surface area contributed by atoms with Crippen LogP contribution in [0.25, 0.3) is 0 Å². The molecule has 2 atom stereocenters. The minimum absolute atomic E-state index is 0.779. The molecular weight excluding hydrogens is 366 g/mol. The second kappa shape index (κ2) is 7.87. The van der Waals surface area contributed by atoms with Crippen molar-refractivity contribution in [2.24, 2.45) is 0 Å². The summed E-state index contributed by atoms with van der Waals surface area (Å²) in [5, 5.41) is 30.1. The van der Waals surface area contributed by atoms with E-state index in [-0.39, 0.29) is 0 Å². The predicted molar refractivity (Wildman–Crippen MR) is 78.4 cm³/mol. The van der Waals surface area contributed by atoms with Crippen LogP contribution < -0.4 is 5.32 Å². The molecule has 4 N–H and O–H groups in total. The minimum Gasteiger partial charge on any atom is -0.477 e. The molecule has 0 aromatic heterocycles. The van der Waals surface area contributed by atoms with Crippen LogP contribution in [-0.4, -0.2) is 45.6 Å². The van der Waals surface area contributed by atoms with Gasteiger partial charge in [-0.1, -0.05) is 0 Å². The fraction of sp³-hybridized carbons (Fsp3) is 0.467. The largest absolute Gasteiger partial charge is 0.477 e. The van der Waals surface area contributed by atoms with E-state index in [1.807, 2.05) is 5.32 Å². The highest BCUT2D eigenvalue weighted by atomic mass is 19.2. The number of halogens is 4. The molecule has 0 radical (unpaired) electrons. The number of carbonyl (C=O) groups is 2. The molecule has 0 bridgehead atoms. The van der Waals surface area contributed by atoms with Crippen molar-refractivity contribution >= 4 is 12.1 Å². The smallest absolute Gasteiger partial charge is 0.407 e. The number of benzene rings is 1. The molecule has 0 aliphatic heterocycles. The molecule has 0 fully saturated rings. The molecule has 0 saturated carbocycles. The molecule has 0 saturated heterocycles. The topological polar surface area (TPSA) is 116 Å². The second-order valence-electron chi connectivity index (χ2n) is 6.24. The second-order valence-corrected chi connectivity index (χ2v) is 6.24. The van der Waals surface area contributed by atoms with Crippen LogP contribution in [0.15, 0.2) is 0 Å². The quantitative estimate of drug-likeness (QED) is 0.456. The van der Waals surface area contributed by atoms with Crippen LogP contribution in [-0.2, 0) is 4.74 Å². The Balaban J connectivity index is 3.05. The molecule has 0 aliphatic carbocycles. The van der Waals surface area contributed by atoms with E-state index in [1.165, 1.54) is 20.8 Å². The number of carbonyl (C=O) groups excluding carboxylic acids is 1. The molecule has 11 heteroatoms. The van der Waals surface area contributed by atoms with Crippen molar-refractivity contribution in [1.29, 1.82) is 0 Å². The van der Waals surface area contributed by atoms with Gasteiger partial charge in [0, 0.05) is 6.54 Å². The lowest BCUT2D eigenvalue weighted by molar-refractivity contribution is 0.00868. The van der Waals surface area contributed by atoms with Gasteiger partial charge in [-0.05, 0) is 20.8 Å². The molecule has 0 heterocycles. The number of amides is 1. The van der Waals surface area contributed by atoms with Gasteiger partial charge in [-0.15, -0.1) is 0 Å². The Morgan fingerprint density at radius 3 is 1.88 bits per heavy atom. The molecular formula is C15H17F4NO6. The molecule has 2 unspecified atom stereocenters. The number of aliphatic hydroxyl groups is 2. The summed E-state index contributed by atoms with van der Waals surface area (Å²) < 4.78 is 59.8. The number of alkyl carbamates (subject to hydrolysis) is 1. The number of hydrogen-bond donors (Lipinski definition) is 4. The first kappa shape index (κ1) is 21.6. The van der Waals surface area contributed by atoms with Crippen LogP contribution in [0.4, 0.5) is 22.4 Å². The van der Waals surface area contributed by atoms with Crippen molar-refractivity contribution in [3.05, 3.63) is 34.4 Å². The van der Waals surface area contributed by atoms with E-state index in [1.54, 1.807) is 0 Å². The first-order valence-electron chi connectivity index (χ1n) is 7.20. The van der Waals surface area contributed by atoms with E-state index >= 15 is 0 Å². The van der Waals surface area contributed by atoms with Crippen molar-refractivity contribution < 1.29 is 47.2 Å². The molecule has 1 aromatic carbocycles. The third-order valence-electron chi connectivity index (χ3n) is 3.03. The van der Waals surface area contributed by atoms with Crippen molar-refractivity contribution in [2.75, 3.05) is 6.54 Å². The highest BCUT2D eigenvalue weighted by molar-refractivity contribution is 5.88. The van der Waals surface area contributed by atoms with Crippen LogP contribution in [0.5, 0.6) is 0 Å². The molecule has 26 heavy (non-hydrogen) atoms. The van der Waals surface area contributed by atoms with Gasteiger partial charge >= 0.3 is 12.1 Å². The number of carboxylic acid groups (broad SMARTS) is 1. The summed E-state index contributed by atoms with van der Waals surface area (Å²) in [6, 6.07) is 0. The molecule has 7 nitrogen and oxygen atoms in total. The van der Waals surface area contributed by atoms with Gasteiger partial charge in [-0.3, -0.25) is 0 Å². The summed E-state index contributed by atoms with van der Waals surface area (Å²) in [6.07, 6.45) is -5.61. The zero-order valence-corrected chi connectivity index (χ0v) is 13.9. The minimum atomic E-state index is -2.50. The van der Waals surface area contributed by atoms with Crippen LogP contribution in [0.3, 0.4) is 0 Å². The van der Waals surface area contributed by atoms with Crippen molar-refractivity contribution in [1.82, 2.24) is 5.32 Å². The van der Waals surface area contributed by atoms with E-state index in [2.05, 4.69) is 0 Å². The molecule has 1 rings (SSSR count). The fourth-order valence-corrected chi connectivity index (χ4v) is 1.90. The Bertz CT molecular complexity index is 690. The Kier molecular flexibility index (Phi) is 6.55. The van der Waals surface area contributed by atoms with Gasteiger partial charge in [0.2, 0.25) is 0 Å². The van der Waals surface area contributed by atoms with Crippen molar-refractivity contribution in [3.8, 4) is 0 Å². The maximum Gasteiger partial charge on any atom is 0.407 e. The molecule has 1 aromatic rings. The lowest BCUT2D eigenvalue weighted by atomic mass is 9.99. The molecule has 0 spiro atoms. The highest BCUT2D eigenvalue weighted by Gasteiger charge is 2.34. The summed E-state index contributed by atoms with van der Waals surface area (Å²) in [7, 11) is 0. The predicted octanol–water partition coefficient (Wildman–Crippen LogP) is 1.86. The van der Waals surface area contributed by atoms with E-state index < -0.39 is 70.8 Å². The molecule has 1 amide bonds. The number of hydrogen-bond acceptors (Lipinski definition) is 5. The van der Waals surface area contributed by atoms with E-state index in [9.17, 15) is 37.4 Å². The van der Waals surface area contributed by atoms with Crippen molar-refractivity contribution in [2.45, 2.75) is 38.6 Å². The Labute approximate surface area is 145 Å². The summed E-state index contributed by atoms with van der Waals surface area (Å²) in [5.41, 5.74) is -4.37. The van der Waals surface area contributed by atoms with E-state index in [0.29, 0.717) is 0 Å². The molecule has 0 aliphatic rings. The van der Waals surface area contributed by atoms with Crippen LogP contribution in [0.1, 0.15) is 42.8 Å². The van der Waals surface area contributed by atoms with Gasteiger partial charge in [-0.2, -0.15) is 0 Å². The van der Waals surface area contributed by atoms with Gasteiger partial charge in [-0.25, -0.2) is 27.2 Å². The lowest BCUT2D eigenvalue weighted by Gasteiger charge is -2.23. The van der Waals surface area contributed by atoms with Gasteiger partial charge < -0.3 is 25.4 Å². The van der Waals surface area contributed by atoms with Gasteiger partial charge in [0.05, 0.1) is 5.56 Å². The zero-order valence-electron chi connectivity index (χ0n) is 13.9. The summed E-state index contributed by atoms with van der Waals surface area (Å²) >= 11 is 0. The number of carboxylic acids is 1. The maximum absolute atomic E-state index is 13.9. The van der Waals surface area contributed by atoms with E-state index in [0.717, 1.165) is 0 Å². The number of nitrogens with one attached hydrogen (secondary N) is 1. The van der Waals surface area contributed by atoms with Crippen LogP contribution >= 0.6 is 0 Å². The number of aromatic carboxylic acids is 1. The third-order valence-corrected chi connectivity index (χ3v) is 3.03. The standard InChI is InChI=1S/C15H17F4NO6/c1-15(2,3)26-14(25)20-4-5(21)12(22)6-8(16)10(18)7(13(23)24)11(19)9(6)17/h5,12,21-22H,4H2,1-3H3,(H,20,25)(H,23,24). The summed E-state index contributed by atoms with van der Waals surface area (Å²) in [6.45, 7) is 3.84. The monoisotopic (exact) mass is 383 g/mol. The first-order valence-corrected chi connectivity index (χ1v) is 7.20. The first-order chi connectivity index (χ1) is 11.8. The highest BCUT2D eigenvalue weighted by Crippen LogP contribution is 2.30. The number of ether oxygens (including phenoxy) is 1. The Morgan fingerprint density at radius 1 is 1.04 bits per heavy atom. The van der Waals surface area contributed by atoms with Crippen LogP contribution in [0.2, 0.25) is 0 Å². The lowest BCUT2D eigenvalue weighted by Crippen LogP contribution is -2.39. The van der Waals surface area contributed by atoms with Gasteiger partial charge in [0.1, 0.15) is 23.4 Å². The number of rotatable bonds is 5. The average molecular weight is 383 g/mol. The van der Waals surface area contributed by atoms with Crippen molar-refractivity contribution in [3.63, 3.8) is 0 Å². The zero-order chi connectivity index (χ0) is 20.4. The average Bonchev–Trinajstić information content (AvgIpc) is 2.48. The third kappa shape index (κ3) is 4.82. The maximum atomic E-state index is 13.9. The molecule has 146 valence electrons. The Hall–Kier alpha value is -2.40. The Morgan fingerprint density at radius 2 is 1.50 bits per heavy atom. The fourth-order valence-electron chi connectivity index (χ4n) is 1.90. The SMILES string of the molecule is CC(C)(C)OC(=O)NCC(O)C(O)c1c(F)c(F)c(C(=O)O)c(F)c1F. The summed E-state index contributed by atoms with van der Waals surface area (Å²) in [4.78, 5) is 22.1. The normalized spacial score (nSPS) is 13.9. The summed E-state index contributed by atoms with van der Waals surface area (Å²) in [5.74, 6) is -11.1. The van der Waals surface area contributed by atoms with Gasteiger partial charge in [0.15, 0.2) is 23.3 Å². The van der Waals surface area contributed by atoms with E-state index in [4.69, 9.17) is 9.84 Å². The number of aliphatic hydroxyl groups excluding tert-OH is 2.